The molecule has 3 N–H and O–H groups in total. The van der Waals surface area contributed by atoms with Gasteiger partial charge in [-0.1, -0.05) is 37.0 Å². The maximum atomic E-state index is 12.6. The van der Waals surface area contributed by atoms with Crippen LogP contribution >= 0.6 is 23.2 Å². The maximum Gasteiger partial charge on any atom is 0.242 e. The van der Waals surface area contributed by atoms with Gasteiger partial charge >= 0.3 is 0 Å². The highest BCUT2D eigenvalue weighted by atomic mass is 35.5. The molecular weight excluding hydrogens is 331 g/mol. The molecule has 21 heavy (non-hydrogen) atoms. The van der Waals surface area contributed by atoms with Crippen molar-refractivity contribution >= 4 is 33.2 Å². The van der Waals surface area contributed by atoms with Crippen molar-refractivity contribution in [2.45, 2.75) is 45.1 Å². The largest absolute Gasteiger partial charge is 0.329 e. The van der Waals surface area contributed by atoms with E-state index in [0.717, 1.165) is 0 Å². The summed E-state index contributed by atoms with van der Waals surface area (Å²) in [6, 6.07) is 1.33. The molecule has 0 radical (unpaired) electrons. The molecule has 1 aromatic carbocycles. The second-order valence-corrected chi connectivity index (χ2v) is 8.06. The van der Waals surface area contributed by atoms with E-state index in [2.05, 4.69) is 4.72 Å². The molecule has 0 spiro atoms. The summed E-state index contributed by atoms with van der Waals surface area (Å²) >= 11 is 12.3. The van der Waals surface area contributed by atoms with Crippen molar-refractivity contribution in [1.82, 2.24) is 4.72 Å². The summed E-state index contributed by atoms with van der Waals surface area (Å²) in [6.45, 7) is 7.62. The summed E-state index contributed by atoms with van der Waals surface area (Å²) in [4.78, 5) is 0.0383. The maximum absolute atomic E-state index is 12.6. The standard InChI is InChI=1S/C14H22Cl2N2O2S/c1-8(2)5-11(7-17)18-21(19,20)14-10(4)12(15)6-9(3)13(14)16/h6,8,11,18H,5,7,17H2,1-4H3. The van der Waals surface area contributed by atoms with Gasteiger partial charge in [0.2, 0.25) is 10.0 Å². The monoisotopic (exact) mass is 352 g/mol. The first-order valence-electron chi connectivity index (χ1n) is 6.77. The Morgan fingerprint density at radius 3 is 2.33 bits per heavy atom. The van der Waals surface area contributed by atoms with Crippen LogP contribution in [0.3, 0.4) is 0 Å². The van der Waals surface area contributed by atoms with Gasteiger partial charge < -0.3 is 5.73 Å². The van der Waals surface area contributed by atoms with Gasteiger partial charge in [0.05, 0.1) is 5.02 Å². The second kappa shape index (κ2) is 7.29. The molecule has 0 amide bonds. The molecule has 1 atom stereocenters. The second-order valence-electron chi connectivity index (χ2n) is 5.63. The van der Waals surface area contributed by atoms with Crippen LogP contribution in [0.2, 0.25) is 10.0 Å². The van der Waals surface area contributed by atoms with E-state index in [1.165, 1.54) is 0 Å². The molecule has 0 saturated heterocycles. The predicted molar refractivity (Wildman–Crippen MR) is 88.6 cm³/mol. The molecule has 120 valence electrons. The van der Waals surface area contributed by atoms with E-state index >= 15 is 0 Å². The van der Waals surface area contributed by atoms with E-state index in [4.69, 9.17) is 28.9 Å². The SMILES string of the molecule is Cc1cc(Cl)c(C)c(S(=O)(=O)NC(CN)CC(C)C)c1Cl. The Kier molecular flexibility index (Phi) is 6.50. The molecule has 1 aromatic rings. The first-order valence-corrected chi connectivity index (χ1v) is 9.01. The van der Waals surface area contributed by atoms with Crippen molar-refractivity contribution in [1.29, 1.82) is 0 Å². The quantitative estimate of drug-likeness (QED) is 0.825. The number of hydrogen-bond acceptors (Lipinski definition) is 3. The Morgan fingerprint density at radius 1 is 1.29 bits per heavy atom. The number of rotatable bonds is 6. The van der Waals surface area contributed by atoms with Crippen molar-refractivity contribution < 1.29 is 8.42 Å². The third-order valence-corrected chi connectivity index (χ3v) is 5.90. The van der Waals surface area contributed by atoms with Crippen LogP contribution in [0.1, 0.15) is 31.4 Å². The van der Waals surface area contributed by atoms with Gasteiger partial charge in [0.25, 0.3) is 0 Å². The van der Waals surface area contributed by atoms with Crippen LogP contribution in [-0.2, 0) is 10.0 Å². The molecule has 0 aliphatic rings. The smallest absolute Gasteiger partial charge is 0.242 e. The summed E-state index contributed by atoms with van der Waals surface area (Å²) in [5, 5.41) is 0.579. The van der Waals surface area contributed by atoms with Crippen LogP contribution in [-0.4, -0.2) is 21.0 Å². The van der Waals surface area contributed by atoms with E-state index in [9.17, 15) is 8.42 Å². The van der Waals surface area contributed by atoms with Crippen molar-refractivity contribution in [3.05, 3.63) is 27.2 Å². The zero-order valence-corrected chi connectivity index (χ0v) is 15.0. The number of nitrogens with one attached hydrogen (secondary N) is 1. The summed E-state index contributed by atoms with van der Waals surface area (Å²) < 4.78 is 27.9. The number of sulfonamides is 1. The number of nitrogens with two attached hydrogens (primary N) is 1. The van der Waals surface area contributed by atoms with Gasteiger partial charge in [-0.15, -0.1) is 0 Å². The van der Waals surface area contributed by atoms with Crippen molar-refractivity contribution in [3.8, 4) is 0 Å². The highest BCUT2D eigenvalue weighted by molar-refractivity contribution is 7.89. The molecule has 0 aliphatic carbocycles. The fourth-order valence-electron chi connectivity index (χ4n) is 2.17. The number of halogens is 2. The van der Waals surface area contributed by atoms with Gasteiger partial charge in [0.15, 0.2) is 0 Å². The third kappa shape index (κ3) is 4.57. The molecule has 0 heterocycles. The molecule has 0 bridgehead atoms. The Balaban J connectivity index is 3.26. The molecule has 4 nitrogen and oxygen atoms in total. The normalized spacial score (nSPS) is 13.7. The summed E-state index contributed by atoms with van der Waals surface area (Å²) in [6.07, 6.45) is 0.659. The van der Waals surface area contributed by atoms with Crippen LogP contribution in [0.5, 0.6) is 0 Å². The first-order chi connectivity index (χ1) is 9.60. The first kappa shape index (κ1) is 18.7. The zero-order chi connectivity index (χ0) is 16.4. The summed E-state index contributed by atoms with van der Waals surface area (Å²) in [7, 11) is -3.77. The van der Waals surface area contributed by atoms with Crippen molar-refractivity contribution in [3.63, 3.8) is 0 Å². The molecule has 0 aliphatic heterocycles. The van der Waals surface area contributed by atoms with Crippen LogP contribution < -0.4 is 10.5 Å². The third-order valence-electron chi connectivity index (χ3n) is 3.22. The number of aryl methyl sites for hydroxylation is 1. The minimum absolute atomic E-state index is 0.0383. The van der Waals surface area contributed by atoms with Gasteiger partial charge in [-0.25, -0.2) is 13.1 Å². The zero-order valence-electron chi connectivity index (χ0n) is 12.7. The van der Waals surface area contributed by atoms with Gasteiger partial charge in [0.1, 0.15) is 4.90 Å². The molecule has 0 aromatic heterocycles. The highest BCUT2D eigenvalue weighted by Gasteiger charge is 2.26. The van der Waals surface area contributed by atoms with Crippen LogP contribution in [0, 0.1) is 19.8 Å². The molecule has 0 fully saturated rings. The molecule has 1 rings (SSSR count). The Hall–Kier alpha value is -0.330. The van der Waals surface area contributed by atoms with Crippen LogP contribution in [0.4, 0.5) is 0 Å². The van der Waals surface area contributed by atoms with Gasteiger partial charge in [-0.05, 0) is 43.4 Å². The molecule has 0 saturated carbocycles. The van der Waals surface area contributed by atoms with Crippen molar-refractivity contribution in [2.24, 2.45) is 11.7 Å². The molecule has 1 unspecified atom stereocenters. The minimum atomic E-state index is -3.77. The summed E-state index contributed by atoms with van der Waals surface area (Å²) in [5.74, 6) is 0.332. The fraction of sp³-hybridized carbons (Fsp3) is 0.571. The van der Waals surface area contributed by atoms with Gasteiger partial charge in [0, 0.05) is 17.6 Å². The van der Waals surface area contributed by atoms with Crippen LogP contribution in [0.25, 0.3) is 0 Å². The van der Waals surface area contributed by atoms with E-state index in [1.54, 1.807) is 19.9 Å². The number of hydrogen-bond donors (Lipinski definition) is 2. The van der Waals surface area contributed by atoms with Gasteiger partial charge in [-0.2, -0.15) is 0 Å². The lowest BCUT2D eigenvalue weighted by Gasteiger charge is -2.21. The predicted octanol–water partition coefficient (Wildman–Crippen LogP) is 3.26. The fourth-order valence-corrected chi connectivity index (χ4v) is 4.65. The lowest BCUT2D eigenvalue weighted by Crippen LogP contribution is -2.41. The summed E-state index contributed by atoms with van der Waals surface area (Å²) in [5.41, 5.74) is 6.73. The van der Waals surface area contributed by atoms with Crippen molar-refractivity contribution in [2.75, 3.05) is 6.54 Å². The highest BCUT2D eigenvalue weighted by Crippen LogP contribution is 2.33. The van der Waals surface area contributed by atoms with Gasteiger partial charge in [-0.3, -0.25) is 0 Å². The van der Waals surface area contributed by atoms with E-state index in [-0.39, 0.29) is 22.5 Å². The average molecular weight is 353 g/mol. The minimum Gasteiger partial charge on any atom is -0.329 e. The number of benzene rings is 1. The van der Waals surface area contributed by atoms with E-state index < -0.39 is 10.0 Å². The lowest BCUT2D eigenvalue weighted by atomic mass is 10.1. The topological polar surface area (TPSA) is 72.2 Å². The molecular formula is C14H22Cl2N2O2S. The van der Waals surface area contributed by atoms with E-state index in [1.807, 2.05) is 13.8 Å². The Morgan fingerprint density at radius 2 is 1.86 bits per heavy atom. The molecule has 7 heteroatoms. The average Bonchev–Trinajstić information content (AvgIpc) is 2.34. The lowest BCUT2D eigenvalue weighted by molar-refractivity contribution is 0.465. The Bertz CT molecular complexity index is 590. The van der Waals surface area contributed by atoms with E-state index in [0.29, 0.717) is 28.5 Å². The van der Waals surface area contributed by atoms with Crippen LogP contribution in [0.15, 0.2) is 11.0 Å². The Labute approximate surface area is 137 Å².